The van der Waals surface area contributed by atoms with E-state index in [-0.39, 0.29) is 14.0 Å². The fraction of sp³-hybridized carbons (Fsp3) is 0.615. The van der Waals surface area contributed by atoms with E-state index in [9.17, 15) is 5.11 Å². The van der Waals surface area contributed by atoms with E-state index in [1.54, 1.807) is 0 Å². The maximum atomic E-state index is 10.4. The van der Waals surface area contributed by atoms with Crippen molar-refractivity contribution >= 4 is 0 Å². The van der Waals surface area contributed by atoms with E-state index in [1.807, 2.05) is 6.08 Å². The van der Waals surface area contributed by atoms with Crippen LogP contribution in [0.2, 0.25) is 0 Å². The zero-order valence-corrected chi connectivity index (χ0v) is 17.2. The largest absolute Gasteiger partial charge is 0.396 e. The van der Waals surface area contributed by atoms with Crippen LogP contribution in [0.1, 0.15) is 63.5 Å². The molecule has 2 fully saturated rings. The van der Waals surface area contributed by atoms with Gasteiger partial charge in [0.1, 0.15) is 0 Å². The molecule has 2 saturated heterocycles. The molecule has 2 bridgehead atoms. The molecule has 1 unspecified atom stereocenters. The van der Waals surface area contributed by atoms with Crippen LogP contribution in [-0.4, -0.2) is 35.1 Å². The molecule has 1 aromatic rings. The lowest BCUT2D eigenvalue weighted by atomic mass is 9.77. The van der Waals surface area contributed by atoms with Gasteiger partial charge in [0.05, 0.1) is 18.3 Å². The Balaban J connectivity index is 0.00000300. The van der Waals surface area contributed by atoms with Crippen molar-refractivity contribution in [3.8, 4) is 0 Å². The van der Waals surface area contributed by atoms with Gasteiger partial charge in [0.25, 0.3) is 0 Å². The van der Waals surface area contributed by atoms with E-state index in [1.165, 1.54) is 17.5 Å². The second kappa shape index (κ2) is 12.3. The molecule has 29 heavy (non-hydrogen) atoms. The summed E-state index contributed by atoms with van der Waals surface area (Å²) in [4.78, 5) is 0. The van der Waals surface area contributed by atoms with Gasteiger partial charge in [0.2, 0.25) is 0 Å². The Labute approximate surface area is 177 Å². The monoisotopic (exact) mass is 400 g/mol. The van der Waals surface area contributed by atoms with Crippen LogP contribution in [0.15, 0.2) is 48.6 Å². The standard InChI is InChI=1S/C25H36O3.CH4/c1-19-8-10-20(11-9-19)12-13-21(27)14-15-23-22(24-16-17-25(23)28-24)7-5-3-2-4-6-18-26;/h3,5,8-11,14-15,21-27H,2,4,6-7,12-13,16-18H2,1H3;1H4/b5-3-,15-14+;/t21-,22+,23?,24+,25+;/m0./s1. The number of allylic oxidation sites excluding steroid dienone is 2. The SMILES string of the molecule is C.Cc1ccc(CC[C@H](O)/C=C/C2[C@@H](C/C=C\CCCCO)[C@H]3CC[C@H]2O3)cc1. The first-order valence-corrected chi connectivity index (χ1v) is 11.0. The summed E-state index contributed by atoms with van der Waals surface area (Å²) in [6, 6.07) is 8.56. The van der Waals surface area contributed by atoms with Crippen molar-refractivity contribution in [1.82, 2.24) is 0 Å². The third kappa shape index (κ3) is 7.09. The van der Waals surface area contributed by atoms with E-state index >= 15 is 0 Å². The Morgan fingerprint density at radius 1 is 1.10 bits per heavy atom. The maximum Gasteiger partial charge on any atom is 0.0724 e. The van der Waals surface area contributed by atoms with Gasteiger partial charge < -0.3 is 14.9 Å². The molecule has 0 aromatic heterocycles. The lowest BCUT2D eigenvalue weighted by Crippen LogP contribution is -2.25. The van der Waals surface area contributed by atoms with E-state index in [2.05, 4.69) is 49.4 Å². The van der Waals surface area contributed by atoms with Crippen molar-refractivity contribution in [2.24, 2.45) is 11.8 Å². The van der Waals surface area contributed by atoms with Crippen molar-refractivity contribution in [2.75, 3.05) is 6.61 Å². The molecule has 2 heterocycles. The van der Waals surface area contributed by atoms with Gasteiger partial charge in [-0.25, -0.2) is 0 Å². The minimum absolute atomic E-state index is 0. The first-order valence-electron chi connectivity index (χ1n) is 11.0. The number of unbranched alkanes of at least 4 members (excludes halogenated alkanes) is 2. The molecule has 3 heteroatoms. The first kappa shape index (κ1) is 23.9. The average molecular weight is 401 g/mol. The fourth-order valence-electron chi connectivity index (χ4n) is 4.55. The van der Waals surface area contributed by atoms with E-state index < -0.39 is 6.10 Å². The number of fused-ring (bicyclic) bond motifs is 2. The Bertz CT molecular complexity index is 634. The molecular weight excluding hydrogens is 360 g/mol. The topological polar surface area (TPSA) is 49.7 Å². The summed E-state index contributed by atoms with van der Waals surface area (Å²) in [7, 11) is 0. The Kier molecular flexibility index (Phi) is 10.1. The fourth-order valence-corrected chi connectivity index (χ4v) is 4.55. The zero-order chi connectivity index (χ0) is 19.8. The summed E-state index contributed by atoms with van der Waals surface area (Å²) >= 11 is 0. The van der Waals surface area contributed by atoms with Crippen LogP contribution in [0.3, 0.4) is 0 Å². The number of hydrogen-bond donors (Lipinski definition) is 2. The van der Waals surface area contributed by atoms with Crippen LogP contribution in [-0.2, 0) is 11.2 Å². The van der Waals surface area contributed by atoms with E-state index in [4.69, 9.17) is 9.84 Å². The summed E-state index contributed by atoms with van der Waals surface area (Å²) in [5, 5.41) is 19.3. The van der Waals surface area contributed by atoms with Crippen molar-refractivity contribution in [3.05, 3.63) is 59.7 Å². The molecule has 3 nitrogen and oxygen atoms in total. The van der Waals surface area contributed by atoms with Gasteiger partial charge in [-0.05, 0) is 69.8 Å². The first-order chi connectivity index (χ1) is 13.7. The van der Waals surface area contributed by atoms with Crippen molar-refractivity contribution in [1.29, 1.82) is 0 Å². The van der Waals surface area contributed by atoms with Gasteiger partial charge in [0.15, 0.2) is 0 Å². The molecule has 0 aliphatic carbocycles. The van der Waals surface area contributed by atoms with Crippen LogP contribution in [0.4, 0.5) is 0 Å². The minimum Gasteiger partial charge on any atom is -0.396 e. The van der Waals surface area contributed by atoms with Crippen LogP contribution in [0.25, 0.3) is 0 Å². The highest BCUT2D eigenvalue weighted by Gasteiger charge is 2.46. The average Bonchev–Trinajstić information content (AvgIpc) is 3.30. The molecule has 0 saturated carbocycles. The molecule has 2 N–H and O–H groups in total. The van der Waals surface area contributed by atoms with Crippen LogP contribution < -0.4 is 0 Å². The highest BCUT2D eigenvalue weighted by Crippen LogP contribution is 2.45. The second-order valence-corrected chi connectivity index (χ2v) is 8.43. The van der Waals surface area contributed by atoms with Gasteiger partial charge in [0, 0.05) is 12.5 Å². The Morgan fingerprint density at radius 3 is 2.62 bits per heavy atom. The summed E-state index contributed by atoms with van der Waals surface area (Å²) in [5.41, 5.74) is 2.56. The number of benzene rings is 1. The molecule has 3 rings (SSSR count). The highest BCUT2D eigenvalue weighted by atomic mass is 16.5. The van der Waals surface area contributed by atoms with Crippen LogP contribution in [0, 0.1) is 18.8 Å². The van der Waals surface area contributed by atoms with E-state index in [0.29, 0.717) is 24.0 Å². The predicted octanol–water partition coefficient (Wildman–Crippen LogP) is 5.38. The minimum atomic E-state index is -0.393. The number of hydrogen-bond acceptors (Lipinski definition) is 3. The van der Waals surface area contributed by atoms with E-state index in [0.717, 1.165) is 44.9 Å². The quantitative estimate of drug-likeness (QED) is 0.387. The van der Waals surface area contributed by atoms with Gasteiger partial charge in [-0.15, -0.1) is 0 Å². The summed E-state index contributed by atoms with van der Waals surface area (Å²) < 4.78 is 6.17. The predicted molar refractivity (Wildman–Crippen MR) is 121 cm³/mol. The van der Waals surface area contributed by atoms with Crippen LogP contribution in [0.5, 0.6) is 0 Å². The Morgan fingerprint density at radius 2 is 1.86 bits per heavy atom. The van der Waals surface area contributed by atoms with Crippen molar-refractivity contribution < 1.29 is 14.9 Å². The highest BCUT2D eigenvalue weighted by molar-refractivity contribution is 5.21. The number of aliphatic hydroxyl groups excluding tert-OH is 2. The smallest absolute Gasteiger partial charge is 0.0724 e. The lowest BCUT2D eigenvalue weighted by Gasteiger charge is -2.25. The molecule has 0 radical (unpaired) electrons. The molecule has 2 aliphatic heterocycles. The second-order valence-electron chi connectivity index (χ2n) is 8.43. The summed E-state index contributed by atoms with van der Waals surface area (Å²) in [5.74, 6) is 0.961. The lowest BCUT2D eigenvalue weighted by molar-refractivity contribution is 0.0899. The third-order valence-corrected chi connectivity index (χ3v) is 6.25. The molecule has 0 spiro atoms. The van der Waals surface area contributed by atoms with Gasteiger partial charge in [-0.3, -0.25) is 0 Å². The normalized spacial score (nSPS) is 27.0. The van der Waals surface area contributed by atoms with Gasteiger partial charge in [-0.2, -0.15) is 0 Å². The summed E-state index contributed by atoms with van der Waals surface area (Å²) in [6.45, 7) is 2.38. The Hall–Kier alpha value is -1.42. The van der Waals surface area contributed by atoms with Gasteiger partial charge in [-0.1, -0.05) is 61.6 Å². The molecule has 1 aromatic carbocycles. The molecule has 2 aliphatic rings. The van der Waals surface area contributed by atoms with Crippen molar-refractivity contribution in [2.45, 2.75) is 84.0 Å². The maximum absolute atomic E-state index is 10.4. The van der Waals surface area contributed by atoms with Gasteiger partial charge >= 0.3 is 0 Å². The van der Waals surface area contributed by atoms with Crippen molar-refractivity contribution in [3.63, 3.8) is 0 Å². The molecule has 162 valence electrons. The molecular formula is C26H40O3. The number of rotatable bonds is 11. The number of ether oxygens (including phenoxy) is 1. The van der Waals surface area contributed by atoms with Crippen LogP contribution >= 0.6 is 0 Å². The molecule has 5 atom stereocenters. The third-order valence-electron chi connectivity index (χ3n) is 6.25. The molecule has 0 amide bonds. The summed E-state index contributed by atoms with van der Waals surface area (Å²) in [6.07, 6.45) is 17.1. The number of aliphatic hydroxyl groups is 2. The zero-order valence-electron chi connectivity index (χ0n) is 17.2. The number of aryl methyl sites for hydroxylation is 2.